The number of methoxy groups -OCH3 is 1. The smallest absolute Gasteiger partial charge is 0.213 e. The molecule has 1 aromatic heterocycles. The van der Waals surface area contributed by atoms with Gasteiger partial charge in [0, 0.05) is 31.2 Å². The van der Waals surface area contributed by atoms with Gasteiger partial charge in [0.1, 0.15) is 0 Å². The van der Waals surface area contributed by atoms with Crippen LogP contribution in [0.4, 0.5) is 0 Å². The van der Waals surface area contributed by atoms with E-state index in [2.05, 4.69) is 35.1 Å². The van der Waals surface area contributed by atoms with Crippen molar-refractivity contribution in [3.05, 3.63) is 23.9 Å². The predicted molar refractivity (Wildman–Crippen MR) is 77.4 cm³/mol. The van der Waals surface area contributed by atoms with Gasteiger partial charge in [0.2, 0.25) is 5.88 Å². The Morgan fingerprint density at radius 2 is 2.32 bits per heavy atom. The second kappa shape index (κ2) is 6.87. The van der Waals surface area contributed by atoms with Crippen molar-refractivity contribution in [3.63, 3.8) is 0 Å². The summed E-state index contributed by atoms with van der Waals surface area (Å²) in [7, 11) is 1.66. The Hall–Kier alpha value is -1.13. The summed E-state index contributed by atoms with van der Waals surface area (Å²) >= 11 is 0. The Kier molecular flexibility index (Phi) is 5.16. The first kappa shape index (κ1) is 14.3. The van der Waals surface area contributed by atoms with Crippen molar-refractivity contribution in [3.8, 4) is 5.88 Å². The van der Waals surface area contributed by atoms with E-state index in [1.807, 2.05) is 12.1 Å². The van der Waals surface area contributed by atoms with E-state index in [-0.39, 0.29) is 0 Å². The first-order chi connectivity index (χ1) is 9.22. The van der Waals surface area contributed by atoms with Gasteiger partial charge in [-0.15, -0.1) is 0 Å². The maximum Gasteiger partial charge on any atom is 0.213 e. The van der Waals surface area contributed by atoms with Crippen LogP contribution < -0.4 is 10.1 Å². The number of pyridine rings is 1. The van der Waals surface area contributed by atoms with E-state index < -0.39 is 0 Å². The van der Waals surface area contributed by atoms with Gasteiger partial charge in [-0.1, -0.05) is 13.0 Å². The van der Waals surface area contributed by atoms with E-state index in [9.17, 15) is 0 Å². The molecule has 0 amide bonds. The van der Waals surface area contributed by atoms with Crippen molar-refractivity contribution in [1.29, 1.82) is 0 Å². The van der Waals surface area contributed by atoms with Gasteiger partial charge in [-0.2, -0.15) is 0 Å². The molecule has 4 nitrogen and oxygen atoms in total. The van der Waals surface area contributed by atoms with E-state index in [0.717, 1.165) is 25.3 Å². The first-order valence-corrected chi connectivity index (χ1v) is 7.20. The van der Waals surface area contributed by atoms with Gasteiger partial charge in [-0.05, 0) is 32.4 Å². The Morgan fingerprint density at radius 3 is 3.05 bits per heavy atom. The lowest BCUT2D eigenvalue weighted by atomic mass is 10.1. The fourth-order valence-corrected chi connectivity index (χ4v) is 2.57. The molecule has 0 saturated carbocycles. The third kappa shape index (κ3) is 3.91. The highest BCUT2D eigenvalue weighted by molar-refractivity contribution is 5.15. The van der Waals surface area contributed by atoms with Gasteiger partial charge in [0.05, 0.1) is 12.8 Å². The Labute approximate surface area is 116 Å². The largest absolute Gasteiger partial charge is 0.481 e. The minimum Gasteiger partial charge on any atom is -0.481 e. The van der Waals surface area contributed by atoms with Crippen LogP contribution in [0.3, 0.4) is 0 Å². The Balaban J connectivity index is 2.05. The number of nitrogens with zero attached hydrogens (tertiary/aromatic N) is 2. The second-order valence-electron chi connectivity index (χ2n) is 5.30. The molecule has 1 fully saturated rings. The highest BCUT2D eigenvalue weighted by atomic mass is 16.5. The molecule has 2 atom stereocenters. The van der Waals surface area contributed by atoms with Gasteiger partial charge in [-0.25, -0.2) is 4.98 Å². The summed E-state index contributed by atoms with van der Waals surface area (Å²) in [5.74, 6) is 0.699. The summed E-state index contributed by atoms with van der Waals surface area (Å²) in [5, 5.41) is 3.61. The molecule has 2 heterocycles. The molecule has 1 aromatic rings. The molecule has 1 saturated heterocycles. The average Bonchev–Trinajstić information content (AvgIpc) is 2.61. The topological polar surface area (TPSA) is 37.4 Å². The maximum absolute atomic E-state index is 5.20. The van der Waals surface area contributed by atoms with Crippen molar-refractivity contribution in [2.24, 2.45) is 0 Å². The van der Waals surface area contributed by atoms with Crippen molar-refractivity contribution in [2.45, 2.75) is 45.3 Å². The summed E-state index contributed by atoms with van der Waals surface area (Å²) in [6, 6.07) is 7.17. The van der Waals surface area contributed by atoms with E-state index in [0.29, 0.717) is 18.0 Å². The third-order valence-electron chi connectivity index (χ3n) is 3.92. The molecule has 2 rings (SSSR count). The van der Waals surface area contributed by atoms with Crippen LogP contribution in [-0.2, 0) is 6.54 Å². The Morgan fingerprint density at radius 1 is 1.47 bits per heavy atom. The normalized spacial score (nSPS) is 25.0. The Bertz CT molecular complexity index is 397. The highest BCUT2D eigenvalue weighted by Crippen LogP contribution is 2.15. The van der Waals surface area contributed by atoms with E-state index in [1.54, 1.807) is 7.11 Å². The molecule has 2 unspecified atom stereocenters. The lowest BCUT2D eigenvalue weighted by molar-refractivity contribution is 0.192. The van der Waals surface area contributed by atoms with Crippen molar-refractivity contribution in [2.75, 3.05) is 20.2 Å². The van der Waals surface area contributed by atoms with Gasteiger partial charge in [0.15, 0.2) is 0 Å². The third-order valence-corrected chi connectivity index (χ3v) is 3.92. The molecule has 1 N–H and O–H groups in total. The van der Waals surface area contributed by atoms with E-state index >= 15 is 0 Å². The molecule has 19 heavy (non-hydrogen) atoms. The van der Waals surface area contributed by atoms with Crippen LogP contribution in [-0.4, -0.2) is 42.2 Å². The predicted octanol–water partition coefficient (Wildman–Crippen LogP) is 2.05. The molecule has 0 bridgehead atoms. The SMILES string of the molecule is CCC1CN(Cc2cccc(OC)n2)C(C)CCN1. The maximum atomic E-state index is 5.20. The van der Waals surface area contributed by atoms with Crippen molar-refractivity contribution >= 4 is 0 Å². The number of hydrogen-bond donors (Lipinski definition) is 1. The minimum atomic E-state index is 0.593. The fourth-order valence-electron chi connectivity index (χ4n) is 2.57. The molecule has 1 aliphatic heterocycles. The summed E-state index contributed by atoms with van der Waals surface area (Å²) in [5.41, 5.74) is 1.09. The molecule has 0 aliphatic carbocycles. The van der Waals surface area contributed by atoms with Crippen LogP contribution >= 0.6 is 0 Å². The molecule has 4 heteroatoms. The van der Waals surface area contributed by atoms with Crippen molar-refractivity contribution in [1.82, 2.24) is 15.2 Å². The number of hydrogen-bond acceptors (Lipinski definition) is 4. The molecule has 106 valence electrons. The fraction of sp³-hybridized carbons (Fsp3) is 0.667. The van der Waals surface area contributed by atoms with E-state index in [4.69, 9.17) is 4.74 Å². The summed E-state index contributed by atoms with van der Waals surface area (Å²) in [6.45, 7) is 7.66. The van der Waals surface area contributed by atoms with Crippen molar-refractivity contribution < 1.29 is 4.74 Å². The zero-order valence-corrected chi connectivity index (χ0v) is 12.2. The van der Waals surface area contributed by atoms with Gasteiger partial charge < -0.3 is 10.1 Å². The number of ether oxygens (including phenoxy) is 1. The summed E-state index contributed by atoms with van der Waals surface area (Å²) in [4.78, 5) is 7.04. The molecule has 0 aromatic carbocycles. The van der Waals surface area contributed by atoms with Crippen LogP contribution in [0.2, 0.25) is 0 Å². The van der Waals surface area contributed by atoms with Gasteiger partial charge in [-0.3, -0.25) is 4.90 Å². The van der Waals surface area contributed by atoms with Gasteiger partial charge >= 0.3 is 0 Å². The second-order valence-corrected chi connectivity index (χ2v) is 5.30. The minimum absolute atomic E-state index is 0.593. The van der Waals surface area contributed by atoms with Crippen LogP contribution in [0, 0.1) is 0 Å². The zero-order chi connectivity index (χ0) is 13.7. The molecular formula is C15H25N3O. The first-order valence-electron chi connectivity index (χ1n) is 7.20. The number of nitrogens with one attached hydrogen (secondary N) is 1. The number of rotatable bonds is 4. The molecule has 1 aliphatic rings. The molecular weight excluding hydrogens is 238 g/mol. The van der Waals surface area contributed by atoms with Crippen LogP contribution in [0.25, 0.3) is 0 Å². The standard InChI is InChI=1S/C15H25N3O/c1-4-13-10-18(12(2)8-9-16-13)11-14-6-5-7-15(17-14)19-3/h5-7,12-13,16H,4,8-11H2,1-3H3. The van der Waals surface area contributed by atoms with E-state index in [1.165, 1.54) is 12.8 Å². The lowest BCUT2D eigenvalue weighted by Crippen LogP contribution is -2.39. The van der Waals surface area contributed by atoms with Crippen LogP contribution in [0.15, 0.2) is 18.2 Å². The summed E-state index contributed by atoms with van der Waals surface area (Å²) in [6.07, 6.45) is 2.37. The summed E-state index contributed by atoms with van der Waals surface area (Å²) < 4.78 is 5.20. The average molecular weight is 263 g/mol. The lowest BCUT2D eigenvalue weighted by Gasteiger charge is -2.28. The van der Waals surface area contributed by atoms with Crippen LogP contribution in [0.5, 0.6) is 5.88 Å². The highest BCUT2D eigenvalue weighted by Gasteiger charge is 2.22. The quantitative estimate of drug-likeness (QED) is 0.902. The monoisotopic (exact) mass is 263 g/mol. The van der Waals surface area contributed by atoms with Gasteiger partial charge in [0.25, 0.3) is 0 Å². The number of aromatic nitrogens is 1. The zero-order valence-electron chi connectivity index (χ0n) is 12.2. The molecule has 0 radical (unpaired) electrons. The van der Waals surface area contributed by atoms with Crippen LogP contribution in [0.1, 0.15) is 32.4 Å². The molecule has 0 spiro atoms.